The lowest BCUT2D eigenvalue weighted by atomic mass is 9.92. The first-order chi connectivity index (χ1) is 9.30. The Bertz CT molecular complexity index is 682. The van der Waals surface area contributed by atoms with Crippen molar-refractivity contribution in [3.8, 4) is 0 Å². The number of hydrogen-bond acceptors (Lipinski definition) is 3. The van der Waals surface area contributed by atoms with Crippen molar-refractivity contribution in [2.75, 3.05) is 5.73 Å². The van der Waals surface area contributed by atoms with Crippen LogP contribution in [0, 0.1) is 26.2 Å². The van der Waals surface area contributed by atoms with Crippen LogP contribution in [0.5, 0.6) is 0 Å². The molecule has 4 heteroatoms. The average Bonchev–Trinajstić information content (AvgIpc) is 2.78. The normalized spacial score (nSPS) is 21.8. The van der Waals surface area contributed by atoms with Crippen LogP contribution in [0.4, 0.5) is 5.82 Å². The molecular weight excluding hydrogens is 248 g/mol. The third-order valence-corrected chi connectivity index (χ3v) is 4.84. The van der Waals surface area contributed by atoms with Crippen molar-refractivity contribution in [3.63, 3.8) is 0 Å². The van der Waals surface area contributed by atoms with Gasteiger partial charge in [-0.05, 0) is 51.0 Å². The fourth-order valence-corrected chi connectivity index (χ4v) is 3.70. The maximum absolute atomic E-state index is 6.13. The fourth-order valence-electron chi connectivity index (χ4n) is 3.70. The Morgan fingerprint density at radius 2 is 1.90 bits per heavy atom. The lowest BCUT2D eigenvalue weighted by Gasteiger charge is -2.20. The van der Waals surface area contributed by atoms with E-state index < -0.39 is 0 Å². The van der Waals surface area contributed by atoms with E-state index in [1.54, 1.807) is 0 Å². The zero-order valence-electron chi connectivity index (χ0n) is 13.1. The van der Waals surface area contributed by atoms with E-state index in [0.29, 0.717) is 17.3 Å². The molecule has 4 nitrogen and oxygen atoms in total. The Labute approximate surface area is 120 Å². The summed E-state index contributed by atoms with van der Waals surface area (Å²) in [6.45, 7) is 10.9. The molecule has 1 fully saturated rings. The molecule has 108 valence electrons. The Balaban J connectivity index is 2.23. The molecule has 0 aliphatic heterocycles. The van der Waals surface area contributed by atoms with E-state index in [1.807, 2.05) is 6.92 Å². The van der Waals surface area contributed by atoms with Crippen LogP contribution in [0.1, 0.15) is 56.2 Å². The summed E-state index contributed by atoms with van der Waals surface area (Å²) in [6, 6.07) is 0.537. The summed E-state index contributed by atoms with van der Waals surface area (Å²) in [5.41, 5.74) is 10.1. The van der Waals surface area contributed by atoms with E-state index in [0.717, 1.165) is 16.9 Å². The van der Waals surface area contributed by atoms with Gasteiger partial charge in [-0.25, -0.2) is 9.97 Å². The van der Waals surface area contributed by atoms with Crippen LogP contribution in [0.3, 0.4) is 0 Å². The molecule has 2 heterocycles. The lowest BCUT2D eigenvalue weighted by Crippen LogP contribution is -2.11. The average molecular weight is 272 g/mol. The summed E-state index contributed by atoms with van der Waals surface area (Å²) in [5.74, 6) is 1.37. The zero-order valence-corrected chi connectivity index (χ0v) is 13.1. The van der Waals surface area contributed by atoms with Crippen molar-refractivity contribution in [1.82, 2.24) is 14.5 Å². The maximum Gasteiger partial charge on any atom is 0.146 e. The van der Waals surface area contributed by atoms with Gasteiger partial charge in [-0.1, -0.05) is 13.8 Å². The van der Waals surface area contributed by atoms with Gasteiger partial charge >= 0.3 is 0 Å². The first-order valence-electron chi connectivity index (χ1n) is 7.41. The summed E-state index contributed by atoms with van der Waals surface area (Å²) in [5, 5.41) is 1.04. The van der Waals surface area contributed by atoms with Gasteiger partial charge in [-0.15, -0.1) is 0 Å². The fraction of sp³-hybridized carbons (Fsp3) is 0.625. The van der Waals surface area contributed by atoms with Crippen molar-refractivity contribution in [2.45, 2.75) is 59.9 Å². The van der Waals surface area contributed by atoms with Crippen LogP contribution in [0.25, 0.3) is 11.0 Å². The van der Waals surface area contributed by atoms with E-state index >= 15 is 0 Å². The number of nitrogens with two attached hydrogens (primary N) is 1. The first-order valence-corrected chi connectivity index (χ1v) is 7.41. The van der Waals surface area contributed by atoms with Crippen LogP contribution < -0.4 is 5.73 Å². The number of nitrogen functional groups attached to an aromatic ring is 1. The van der Waals surface area contributed by atoms with Gasteiger partial charge in [0.1, 0.15) is 17.3 Å². The number of hydrogen-bond donors (Lipinski definition) is 1. The van der Waals surface area contributed by atoms with Gasteiger partial charge in [-0.2, -0.15) is 0 Å². The van der Waals surface area contributed by atoms with E-state index in [2.05, 4.69) is 42.2 Å². The second-order valence-electron chi connectivity index (χ2n) is 7.00. The molecule has 0 amide bonds. The summed E-state index contributed by atoms with van der Waals surface area (Å²) in [6.07, 6.45) is 3.70. The molecule has 0 spiro atoms. The number of anilines is 1. The van der Waals surface area contributed by atoms with Crippen molar-refractivity contribution in [2.24, 2.45) is 5.41 Å². The molecule has 2 aromatic heterocycles. The van der Waals surface area contributed by atoms with Crippen molar-refractivity contribution in [1.29, 1.82) is 0 Å². The number of aromatic nitrogens is 3. The highest BCUT2D eigenvalue weighted by molar-refractivity contribution is 5.91. The predicted octanol–water partition coefficient (Wildman–Crippen LogP) is 3.69. The Kier molecular flexibility index (Phi) is 2.82. The number of aryl methyl sites for hydroxylation is 2. The third-order valence-electron chi connectivity index (χ3n) is 4.84. The number of nitrogens with zero attached hydrogens (tertiary/aromatic N) is 3. The van der Waals surface area contributed by atoms with Crippen LogP contribution >= 0.6 is 0 Å². The highest BCUT2D eigenvalue weighted by Crippen LogP contribution is 2.45. The summed E-state index contributed by atoms with van der Waals surface area (Å²) >= 11 is 0. The van der Waals surface area contributed by atoms with Gasteiger partial charge in [0.15, 0.2) is 0 Å². The quantitative estimate of drug-likeness (QED) is 0.861. The largest absolute Gasteiger partial charge is 0.383 e. The molecule has 1 aliphatic rings. The smallest absolute Gasteiger partial charge is 0.146 e. The highest BCUT2D eigenvalue weighted by Gasteiger charge is 2.34. The van der Waals surface area contributed by atoms with Crippen LogP contribution in [-0.2, 0) is 0 Å². The molecule has 2 aromatic rings. The van der Waals surface area contributed by atoms with E-state index in [-0.39, 0.29) is 0 Å². The first kappa shape index (κ1) is 13.4. The van der Waals surface area contributed by atoms with E-state index in [4.69, 9.17) is 5.73 Å². The molecule has 1 aliphatic carbocycles. The van der Waals surface area contributed by atoms with E-state index in [9.17, 15) is 0 Å². The van der Waals surface area contributed by atoms with Gasteiger partial charge in [0.05, 0.1) is 5.39 Å². The summed E-state index contributed by atoms with van der Waals surface area (Å²) in [7, 11) is 0. The molecule has 0 aromatic carbocycles. The standard InChI is InChI=1S/C16H24N4/c1-9-10(2)20(12-6-7-16(4,5)8-12)15-13(9)14(17)18-11(3)19-15/h12H,6-8H2,1-5H3,(H2,17,18,19). The minimum absolute atomic E-state index is 0.426. The monoisotopic (exact) mass is 272 g/mol. The van der Waals surface area contributed by atoms with Gasteiger partial charge in [0, 0.05) is 11.7 Å². The molecule has 1 unspecified atom stereocenters. The van der Waals surface area contributed by atoms with Crippen LogP contribution in [-0.4, -0.2) is 14.5 Å². The number of fused-ring (bicyclic) bond motifs is 1. The zero-order chi connectivity index (χ0) is 14.7. The number of rotatable bonds is 1. The predicted molar refractivity (Wildman–Crippen MR) is 82.8 cm³/mol. The minimum atomic E-state index is 0.426. The highest BCUT2D eigenvalue weighted by atomic mass is 15.1. The van der Waals surface area contributed by atoms with Crippen LogP contribution in [0.15, 0.2) is 0 Å². The Morgan fingerprint density at radius 3 is 2.50 bits per heavy atom. The van der Waals surface area contributed by atoms with Gasteiger partial charge in [-0.3, -0.25) is 0 Å². The Hall–Kier alpha value is -1.58. The molecule has 0 bridgehead atoms. The second kappa shape index (κ2) is 4.21. The van der Waals surface area contributed by atoms with Gasteiger partial charge in [0.25, 0.3) is 0 Å². The van der Waals surface area contributed by atoms with E-state index in [1.165, 1.54) is 30.5 Å². The van der Waals surface area contributed by atoms with Crippen LogP contribution in [0.2, 0.25) is 0 Å². The molecule has 0 radical (unpaired) electrons. The SMILES string of the molecule is Cc1nc(N)c2c(C)c(C)n(C3CCC(C)(C)C3)c2n1. The maximum atomic E-state index is 6.13. The van der Waals surface area contributed by atoms with Crippen molar-refractivity contribution >= 4 is 16.9 Å². The molecular formula is C16H24N4. The molecule has 1 atom stereocenters. The van der Waals surface area contributed by atoms with Crippen molar-refractivity contribution < 1.29 is 0 Å². The third kappa shape index (κ3) is 1.89. The summed E-state index contributed by atoms with van der Waals surface area (Å²) < 4.78 is 2.41. The lowest BCUT2D eigenvalue weighted by molar-refractivity contribution is 0.359. The van der Waals surface area contributed by atoms with Crippen molar-refractivity contribution in [3.05, 3.63) is 17.1 Å². The molecule has 1 saturated carbocycles. The molecule has 3 rings (SSSR count). The molecule has 0 saturated heterocycles. The Morgan fingerprint density at radius 1 is 1.20 bits per heavy atom. The molecule has 20 heavy (non-hydrogen) atoms. The topological polar surface area (TPSA) is 56.7 Å². The van der Waals surface area contributed by atoms with Gasteiger partial charge in [0.2, 0.25) is 0 Å². The van der Waals surface area contributed by atoms with Gasteiger partial charge < -0.3 is 10.3 Å². The second-order valence-corrected chi connectivity index (χ2v) is 7.00. The minimum Gasteiger partial charge on any atom is -0.383 e. The summed E-state index contributed by atoms with van der Waals surface area (Å²) in [4.78, 5) is 9.01. The molecule has 2 N–H and O–H groups in total.